The van der Waals surface area contributed by atoms with Gasteiger partial charge in [-0.3, -0.25) is 14.6 Å². The molecule has 0 saturated heterocycles. The van der Waals surface area contributed by atoms with Gasteiger partial charge in [0.15, 0.2) is 0 Å². The Bertz CT molecular complexity index is 665. The number of fused-ring (bicyclic) bond motifs is 1. The molecule has 2 aromatic heterocycles. The molecule has 0 radical (unpaired) electrons. The van der Waals surface area contributed by atoms with Gasteiger partial charge in [-0.25, -0.2) is 0 Å². The smallest absolute Gasteiger partial charge is 0.264 e. The number of pyridine rings is 1. The van der Waals surface area contributed by atoms with Gasteiger partial charge in [-0.1, -0.05) is 13.8 Å². The van der Waals surface area contributed by atoms with Crippen LogP contribution < -0.4 is 16.8 Å². The lowest BCUT2D eigenvalue weighted by Crippen LogP contribution is -2.47. The zero-order valence-electron chi connectivity index (χ0n) is 11.2. The van der Waals surface area contributed by atoms with Crippen molar-refractivity contribution in [2.45, 2.75) is 19.9 Å². The summed E-state index contributed by atoms with van der Waals surface area (Å²) in [6.07, 6.45) is 1.62. The van der Waals surface area contributed by atoms with Gasteiger partial charge in [0.1, 0.15) is 16.4 Å². The van der Waals surface area contributed by atoms with Crippen LogP contribution in [0.1, 0.15) is 23.5 Å². The number of rotatable bonds is 4. The Balaban J connectivity index is 2.32. The molecule has 2 heterocycles. The van der Waals surface area contributed by atoms with E-state index in [0.717, 1.165) is 4.70 Å². The number of aromatic nitrogens is 1. The summed E-state index contributed by atoms with van der Waals surface area (Å²) >= 11 is 1.25. The summed E-state index contributed by atoms with van der Waals surface area (Å²) in [6, 6.07) is 2.90. The van der Waals surface area contributed by atoms with Crippen LogP contribution in [0.25, 0.3) is 10.2 Å². The summed E-state index contributed by atoms with van der Waals surface area (Å²) in [5, 5.41) is 2.62. The zero-order valence-corrected chi connectivity index (χ0v) is 12.0. The number of carbonyl (C=O) groups is 2. The highest BCUT2D eigenvalue weighted by Gasteiger charge is 2.25. The number of anilines is 1. The molecule has 0 aliphatic heterocycles. The largest absolute Gasteiger partial charge is 0.396 e. The highest BCUT2D eigenvalue weighted by molar-refractivity contribution is 7.21. The van der Waals surface area contributed by atoms with Gasteiger partial charge in [0.25, 0.3) is 5.91 Å². The van der Waals surface area contributed by atoms with Crippen LogP contribution in [0.4, 0.5) is 5.69 Å². The monoisotopic (exact) mass is 292 g/mol. The average Bonchev–Trinajstić information content (AvgIpc) is 2.73. The second-order valence-corrected chi connectivity index (χ2v) is 5.84. The van der Waals surface area contributed by atoms with Gasteiger partial charge < -0.3 is 16.8 Å². The minimum atomic E-state index is -0.722. The Morgan fingerprint density at radius 2 is 2.10 bits per heavy atom. The number of nitrogen functional groups attached to an aromatic ring is 1. The first kappa shape index (κ1) is 14.3. The van der Waals surface area contributed by atoms with Gasteiger partial charge in [0.2, 0.25) is 5.91 Å². The van der Waals surface area contributed by atoms with Gasteiger partial charge >= 0.3 is 0 Å². The summed E-state index contributed by atoms with van der Waals surface area (Å²) in [4.78, 5) is 28.1. The van der Waals surface area contributed by atoms with Crippen molar-refractivity contribution in [2.75, 3.05) is 5.73 Å². The van der Waals surface area contributed by atoms with E-state index >= 15 is 0 Å². The van der Waals surface area contributed by atoms with Crippen LogP contribution in [0.3, 0.4) is 0 Å². The predicted molar refractivity (Wildman–Crippen MR) is 79.3 cm³/mol. The molecule has 106 valence electrons. The highest BCUT2D eigenvalue weighted by Crippen LogP contribution is 2.31. The quantitative estimate of drug-likeness (QED) is 0.784. The molecule has 0 aliphatic carbocycles. The van der Waals surface area contributed by atoms with E-state index in [1.165, 1.54) is 11.3 Å². The van der Waals surface area contributed by atoms with Crippen molar-refractivity contribution in [3.8, 4) is 0 Å². The van der Waals surface area contributed by atoms with Crippen molar-refractivity contribution in [2.24, 2.45) is 11.7 Å². The number of thiophene rings is 1. The molecular weight excluding hydrogens is 276 g/mol. The first-order valence-corrected chi connectivity index (χ1v) is 6.96. The molecule has 5 N–H and O–H groups in total. The van der Waals surface area contributed by atoms with E-state index in [2.05, 4.69) is 10.3 Å². The van der Waals surface area contributed by atoms with E-state index < -0.39 is 17.9 Å². The van der Waals surface area contributed by atoms with Crippen LogP contribution >= 0.6 is 11.3 Å². The fourth-order valence-electron chi connectivity index (χ4n) is 1.89. The molecule has 0 saturated carbocycles. The molecule has 0 fully saturated rings. The van der Waals surface area contributed by atoms with Crippen molar-refractivity contribution in [3.05, 3.63) is 23.2 Å². The van der Waals surface area contributed by atoms with Crippen molar-refractivity contribution in [3.63, 3.8) is 0 Å². The second-order valence-electron chi connectivity index (χ2n) is 4.79. The molecule has 0 spiro atoms. The van der Waals surface area contributed by atoms with Gasteiger partial charge in [0, 0.05) is 6.20 Å². The lowest BCUT2D eigenvalue weighted by molar-refractivity contribution is -0.120. The molecule has 6 nitrogen and oxygen atoms in total. The van der Waals surface area contributed by atoms with E-state index in [-0.39, 0.29) is 5.92 Å². The number of nitrogens with one attached hydrogen (secondary N) is 1. The van der Waals surface area contributed by atoms with Crippen LogP contribution in [0.5, 0.6) is 0 Å². The first-order chi connectivity index (χ1) is 9.41. The number of nitrogens with zero attached hydrogens (tertiary/aromatic N) is 1. The third-order valence-corrected chi connectivity index (χ3v) is 4.11. The Labute approximate surface area is 120 Å². The van der Waals surface area contributed by atoms with E-state index in [0.29, 0.717) is 16.1 Å². The third-order valence-electron chi connectivity index (χ3n) is 2.95. The summed E-state index contributed by atoms with van der Waals surface area (Å²) in [5.41, 5.74) is 12.2. The molecule has 7 heteroatoms. The van der Waals surface area contributed by atoms with Crippen LogP contribution in [-0.4, -0.2) is 22.8 Å². The van der Waals surface area contributed by atoms with Crippen molar-refractivity contribution >= 4 is 39.1 Å². The maximum Gasteiger partial charge on any atom is 0.264 e. The molecule has 0 aliphatic rings. The Hall–Kier alpha value is -2.15. The van der Waals surface area contributed by atoms with Crippen LogP contribution in [0.2, 0.25) is 0 Å². The summed E-state index contributed by atoms with van der Waals surface area (Å²) in [6.45, 7) is 3.62. The Morgan fingerprint density at radius 3 is 2.65 bits per heavy atom. The van der Waals surface area contributed by atoms with E-state index in [1.807, 2.05) is 19.9 Å². The van der Waals surface area contributed by atoms with Gasteiger partial charge in [-0.15, -0.1) is 11.3 Å². The molecule has 0 bridgehead atoms. The maximum atomic E-state index is 12.2. The third kappa shape index (κ3) is 2.57. The van der Waals surface area contributed by atoms with Gasteiger partial charge in [0.05, 0.1) is 10.4 Å². The topological polar surface area (TPSA) is 111 Å². The molecule has 2 rings (SSSR count). The molecule has 20 heavy (non-hydrogen) atoms. The summed E-state index contributed by atoms with van der Waals surface area (Å²) in [5.74, 6) is -1.06. The molecular formula is C13H16N4O2S. The lowest BCUT2D eigenvalue weighted by Gasteiger charge is -2.18. The Morgan fingerprint density at radius 1 is 1.40 bits per heavy atom. The van der Waals surface area contributed by atoms with E-state index in [9.17, 15) is 9.59 Å². The minimum absolute atomic E-state index is 0.0924. The second kappa shape index (κ2) is 5.46. The molecule has 2 amide bonds. The minimum Gasteiger partial charge on any atom is -0.396 e. The standard InChI is InChI=1S/C13H16N4O2S/c1-6(2)9(12(15)18)17-13(19)11-8(14)10-7(20-11)4-3-5-16-10/h3-6,9H,14H2,1-2H3,(H2,15,18)(H,17,19). The average molecular weight is 292 g/mol. The van der Waals surface area contributed by atoms with Crippen LogP contribution in [-0.2, 0) is 4.79 Å². The van der Waals surface area contributed by atoms with Gasteiger partial charge in [-0.2, -0.15) is 0 Å². The van der Waals surface area contributed by atoms with Crippen molar-refractivity contribution < 1.29 is 9.59 Å². The van der Waals surface area contributed by atoms with Gasteiger partial charge in [-0.05, 0) is 18.1 Å². The number of carbonyl (C=O) groups excluding carboxylic acids is 2. The zero-order chi connectivity index (χ0) is 14.9. The predicted octanol–water partition coefficient (Wildman–Crippen LogP) is 1.12. The lowest BCUT2D eigenvalue weighted by atomic mass is 10.0. The number of nitrogens with two attached hydrogens (primary N) is 2. The number of primary amides is 1. The summed E-state index contributed by atoms with van der Waals surface area (Å²) in [7, 11) is 0. The summed E-state index contributed by atoms with van der Waals surface area (Å²) < 4.78 is 0.829. The SMILES string of the molecule is CC(C)C(NC(=O)c1sc2cccnc2c1N)C(N)=O. The van der Waals surface area contributed by atoms with E-state index in [1.54, 1.807) is 12.3 Å². The normalized spacial score (nSPS) is 12.6. The van der Waals surface area contributed by atoms with Crippen LogP contribution in [0.15, 0.2) is 18.3 Å². The fraction of sp³-hybridized carbons (Fsp3) is 0.308. The first-order valence-electron chi connectivity index (χ1n) is 6.15. The molecule has 1 atom stereocenters. The number of hydrogen-bond acceptors (Lipinski definition) is 5. The van der Waals surface area contributed by atoms with E-state index in [4.69, 9.17) is 11.5 Å². The molecule has 2 aromatic rings. The van der Waals surface area contributed by atoms with Crippen molar-refractivity contribution in [1.29, 1.82) is 0 Å². The highest BCUT2D eigenvalue weighted by atomic mass is 32.1. The number of amides is 2. The molecule has 0 aromatic carbocycles. The number of hydrogen-bond donors (Lipinski definition) is 3. The molecule has 1 unspecified atom stereocenters. The van der Waals surface area contributed by atoms with Crippen molar-refractivity contribution in [1.82, 2.24) is 10.3 Å². The fourth-order valence-corrected chi connectivity index (χ4v) is 2.87. The maximum absolute atomic E-state index is 12.2. The Kier molecular flexibility index (Phi) is 3.89. The van der Waals surface area contributed by atoms with Crippen LogP contribution in [0, 0.1) is 5.92 Å².